The largest absolute Gasteiger partial charge is 0.357 e. The molecule has 0 bridgehead atoms. The summed E-state index contributed by atoms with van der Waals surface area (Å²) < 4.78 is 2.05. The van der Waals surface area contributed by atoms with Crippen molar-refractivity contribution in [1.29, 1.82) is 0 Å². The van der Waals surface area contributed by atoms with Crippen molar-refractivity contribution in [3.05, 3.63) is 47.5 Å². The number of aliphatic imine (C=N–C) groups is 1. The van der Waals surface area contributed by atoms with E-state index in [9.17, 15) is 4.79 Å². The first-order chi connectivity index (χ1) is 13.5. The number of carbonyl (C=O) groups excluding carboxylic acids is 1. The van der Waals surface area contributed by atoms with Crippen LogP contribution in [-0.4, -0.2) is 65.3 Å². The predicted molar refractivity (Wildman–Crippen MR) is 112 cm³/mol. The summed E-state index contributed by atoms with van der Waals surface area (Å²) in [5, 5.41) is 14.6. The van der Waals surface area contributed by atoms with Gasteiger partial charge >= 0.3 is 0 Å². The summed E-state index contributed by atoms with van der Waals surface area (Å²) in [5.74, 6) is 1.78. The van der Waals surface area contributed by atoms with Gasteiger partial charge in [-0.2, -0.15) is 0 Å². The van der Waals surface area contributed by atoms with Crippen LogP contribution in [0.4, 0.5) is 0 Å². The van der Waals surface area contributed by atoms with Gasteiger partial charge in [0, 0.05) is 52.3 Å². The molecule has 0 atom stereocenters. The quantitative estimate of drug-likeness (QED) is 0.502. The summed E-state index contributed by atoms with van der Waals surface area (Å²) in [4.78, 5) is 18.3. The molecule has 1 heterocycles. The first-order valence-electron chi connectivity index (χ1n) is 9.74. The number of benzene rings is 1. The molecule has 2 N–H and O–H groups in total. The zero-order valence-corrected chi connectivity index (χ0v) is 17.3. The van der Waals surface area contributed by atoms with Gasteiger partial charge in [-0.1, -0.05) is 19.1 Å². The molecule has 0 radical (unpaired) electrons. The van der Waals surface area contributed by atoms with Gasteiger partial charge in [0.25, 0.3) is 5.91 Å². The molecular weight excluding hydrogens is 354 g/mol. The van der Waals surface area contributed by atoms with E-state index in [1.165, 1.54) is 0 Å². The fourth-order valence-electron chi connectivity index (χ4n) is 2.79. The second-order valence-corrected chi connectivity index (χ2v) is 6.63. The third-order valence-electron chi connectivity index (χ3n) is 4.25. The van der Waals surface area contributed by atoms with Crippen LogP contribution in [0, 0.1) is 0 Å². The molecule has 152 valence electrons. The number of nitrogens with zero attached hydrogens (tertiary/aromatic N) is 5. The van der Waals surface area contributed by atoms with Crippen LogP contribution in [0.25, 0.3) is 0 Å². The maximum atomic E-state index is 12.1. The molecule has 0 fully saturated rings. The Morgan fingerprint density at radius 2 is 2.07 bits per heavy atom. The molecule has 8 heteroatoms. The van der Waals surface area contributed by atoms with Gasteiger partial charge in [-0.3, -0.25) is 9.79 Å². The molecule has 28 heavy (non-hydrogen) atoms. The fraction of sp³-hybridized carbons (Fsp3) is 0.500. The van der Waals surface area contributed by atoms with Crippen LogP contribution in [-0.2, 0) is 19.4 Å². The zero-order chi connectivity index (χ0) is 20.4. The predicted octanol–water partition coefficient (Wildman–Crippen LogP) is 1.34. The van der Waals surface area contributed by atoms with Crippen molar-refractivity contribution in [3.8, 4) is 0 Å². The second kappa shape index (κ2) is 11.1. The smallest absolute Gasteiger partial charge is 0.253 e. The molecule has 0 aliphatic rings. The Labute approximate surface area is 167 Å². The van der Waals surface area contributed by atoms with Crippen LogP contribution in [0.5, 0.6) is 0 Å². The third kappa shape index (κ3) is 6.37. The van der Waals surface area contributed by atoms with E-state index in [0.29, 0.717) is 12.1 Å². The van der Waals surface area contributed by atoms with Crippen molar-refractivity contribution in [2.75, 3.05) is 33.7 Å². The first-order valence-corrected chi connectivity index (χ1v) is 9.74. The number of hydrogen-bond acceptors (Lipinski definition) is 4. The number of carbonyl (C=O) groups is 1. The Bertz CT molecular complexity index is 782. The standard InChI is InChI=1S/C20H31N7O/c1-5-18-25-24-15-27(18)13-12-23-20(21-6-2)22-11-10-16-8-7-9-17(14-16)19(28)26(3)4/h7-9,14-15H,5-6,10-13H2,1-4H3,(H2,21,22,23). The number of guanidine groups is 1. The Kier molecular flexibility index (Phi) is 8.45. The molecule has 8 nitrogen and oxygen atoms in total. The van der Waals surface area contributed by atoms with Gasteiger partial charge in [0.2, 0.25) is 0 Å². The minimum Gasteiger partial charge on any atom is -0.357 e. The van der Waals surface area contributed by atoms with Crippen LogP contribution in [0.2, 0.25) is 0 Å². The molecule has 0 spiro atoms. The second-order valence-electron chi connectivity index (χ2n) is 6.63. The van der Waals surface area contributed by atoms with E-state index in [4.69, 9.17) is 0 Å². The molecule has 0 saturated heterocycles. The number of amides is 1. The van der Waals surface area contributed by atoms with E-state index < -0.39 is 0 Å². The summed E-state index contributed by atoms with van der Waals surface area (Å²) in [5.41, 5.74) is 1.81. The van der Waals surface area contributed by atoms with E-state index in [0.717, 1.165) is 49.8 Å². The minimum atomic E-state index is 0.0146. The number of nitrogens with one attached hydrogen (secondary N) is 2. The highest BCUT2D eigenvalue weighted by Crippen LogP contribution is 2.08. The maximum absolute atomic E-state index is 12.1. The number of rotatable bonds is 9. The van der Waals surface area contributed by atoms with E-state index in [-0.39, 0.29) is 5.91 Å². The summed E-state index contributed by atoms with van der Waals surface area (Å²) >= 11 is 0. The van der Waals surface area contributed by atoms with Crippen molar-refractivity contribution in [2.24, 2.45) is 4.99 Å². The van der Waals surface area contributed by atoms with Gasteiger partial charge in [0.1, 0.15) is 12.2 Å². The van der Waals surface area contributed by atoms with Gasteiger partial charge < -0.3 is 20.1 Å². The van der Waals surface area contributed by atoms with E-state index in [1.54, 1.807) is 25.3 Å². The Morgan fingerprint density at radius 1 is 1.25 bits per heavy atom. The lowest BCUT2D eigenvalue weighted by molar-refractivity contribution is 0.0827. The molecule has 0 aliphatic heterocycles. The SMILES string of the molecule is CCNC(=NCCc1cccc(C(=O)N(C)C)c1)NCCn1cnnc1CC. The average Bonchev–Trinajstić information content (AvgIpc) is 3.15. The first kappa shape index (κ1) is 21.4. The highest BCUT2D eigenvalue weighted by molar-refractivity contribution is 5.94. The molecule has 2 rings (SSSR count). The lowest BCUT2D eigenvalue weighted by Crippen LogP contribution is -2.39. The van der Waals surface area contributed by atoms with Crippen molar-refractivity contribution < 1.29 is 4.79 Å². The molecule has 1 aromatic carbocycles. The number of hydrogen-bond donors (Lipinski definition) is 2. The molecule has 1 aromatic heterocycles. The maximum Gasteiger partial charge on any atom is 0.253 e. The average molecular weight is 386 g/mol. The van der Waals surface area contributed by atoms with Gasteiger partial charge in [-0.25, -0.2) is 0 Å². The van der Waals surface area contributed by atoms with Gasteiger partial charge in [0.15, 0.2) is 5.96 Å². The Balaban J connectivity index is 1.88. The monoisotopic (exact) mass is 385 g/mol. The Hall–Kier alpha value is -2.90. The lowest BCUT2D eigenvalue weighted by Gasteiger charge is -2.13. The minimum absolute atomic E-state index is 0.0146. The molecule has 0 saturated carbocycles. The van der Waals surface area contributed by atoms with Gasteiger partial charge in [0.05, 0.1) is 0 Å². The van der Waals surface area contributed by atoms with Gasteiger partial charge in [-0.15, -0.1) is 10.2 Å². The fourth-order valence-corrected chi connectivity index (χ4v) is 2.79. The van der Waals surface area contributed by atoms with Crippen molar-refractivity contribution in [3.63, 3.8) is 0 Å². The molecule has 2 aromatic rings. The zero-order valence-electron chi connectivity index (χ0n) is 17.3. The van der Waals surface area contributed by atoms with Crippen molar-refractivity contribution in [2.45, 2.75) is 33.2 Å². The summed E-state index contributed by atoms with van der Waals surface area (Å²) in [7, 11) is 3.52. The molecule has 1 amide bonds. The van der Waals surface area contributed by atoms with Gasteiger partial charge in [-0.05, 0) is 31.0 Å². The van der Waals surface area contributed by atoms with Crippen LogP contribution in [0.1, 0.15) is 35.6 Å². The van der Waals surface area contributed by atoms with Crippen molar-refractivity contribution in [1.82, 2.24) is 30.3 Å². The molecule has 0 aliphatic carbocycles. The summed E-state index contributed by atoms with van der Waals surface area (Å²) in [6.07, 6.45) is 3.40. The number of aromatic nitrogens is 3. The molecule has 0 unspecified atom stereocenters. The topological polar surface area (TPSA) is 87.4 Å². The summed E-state index contributed by atoms with van der Waals surface area (Å²) in [6, 6.07) is 7.73. The number of aryl methyl sites for hydroxylation is 1. The molecular formula is C20H31N7O. The Morgan fingerprint density at radius 3 is 2.79 bits per heavy atom. The lowest BCUT2D eigenvalue weighted by atomic mass is 10.1. The summed E-state index contributed by atoms with van der Waals surface area (Å²) in [6.45, 7) is 7.08. The van der Waals surface area contributed by atoms with Crippen LogP contribution >= 0.6 is 0 Å². The highest BCUT2D eigenvalue weighted by Gasteiger charge is 2.08. The van der Waals surface area contributed by atoms with E-state index in [1.807, 2.05) is 35.8 Å². The third-order valence-corrected chi connectivity index (χ3v) is 4.25. The van der Waals surface area contributed by atoms with E-state index in [2.05, 4.69) is 32.7 Å². The van der Waals surface area contributed by atoms with Crippen LogP contribution < -0.4 is 10.6 Å². The van der Waals surface area contributed by atoms with E-state index >= 15 is 0 Å². The van der Waals surface area contributed by atoms with Crippen LogP contribution in [0.15, 0.2) is 35.6 Å². The van der Waals surface area contributed by atoms with Crippen LogP contribution in [0.3, 0.4) is 0 Å². The van der Waals surface area contributed by atoms with Crippen molar-refractivity contribution >= 4 is 11.9 Å². The highest BCUT2D eigenvalue weighted by atomic mass is 16.2. The normalized spacial score (nSPS) is 11.4.